The molecule has 19 heavy (non-hydrogen) atoms. The van der Waals surface area contributed by atoms with E-state index in [0.717, 1.165) is 16.9 Å². The summed E-state index contributed by atoms with van der Waals surface area (Å²) in [5.41, 5.74) is 7.72. The van der Waals surface area contributed by atoms with Gasteiger partial charge < -0.3 is 10.3 Å². The van der Waals surface area contributed by atoms with Crippen LogP contribution in [0, 0.1) is 0 Å². The third-order valence-electron chi connectivity index (χ3n) is 3.19. The van der Waals surface area contributed by atoms with Crippen LogP contribution in [0.15, 0.2) is 24.5 Å². The van der Waals surface area contributed by atoms with Gasteiger partial charge in [0, 0.05) is 12.1 Å². The fraction of sp³-hybridized carbons (Fsp3) is 0.250. The van der Waals surface area contributed by atoms with Gasteiger partial charge in [0.25, 0.3) is 0 Å². The number of halogens is 1. The van der Waals surface area contributed by atoms with Crippen LogP contribution in [-0.4, -0.2) is 24.3 Å². The lowest BCUT2D eigenvalue weighted by Gasteiger charge is -2.15. The molecule has 2 aromatic heterocycles. The van der Waals surface area contributed by atoms with Gasteiger partial charge >= 0.3 is 0 Å². The Bertz CT molecular complexity index is 744. The topological polar surface area (TPSA) is 74.5 Å². The second-order valence-electron chi connectivity index (χ2n) is 4.45. The number of hydrogen-bond donors (Lipinski definition) is 1. The highest BCUT2D eigenvalue weighted by Gasteiger charge is 2.19. The smallest absolute Gasteiger partial charge is 0.201 e. The maximum atomic E-state index is 6.05. The lowest BCUT2D eigenvalue weighted by Crippen LogP contribution is -2.14. The molecule has 2 N–H and O–H groups in total. The van der Waals surface area contributed by atoms with Crippen molar-refractivity contribution >= 4 is 28.6 Å². The first-order valence-electron chi connectivity index (χ1n) is 5.85. The summed E-state index contributed by atoms with van der Waals surface area (Å²) in [6.07, 6.45) is 1.66. The van der Waals surface area contributed by atoms with Gasteiger partial charge in [-0.15, -0.1) is 10.2 Å². The summed E-state index contributed by atoms with van der Waals surface area (Å²) in [6, 6.07) is 5.44. The lowest BCUT2D eigenvalue weighted by molar-refractivity contribution is 0.594. The van der Waals surface area contributed by atoms with Crippen molar-refractivity contribution in [3.8, 4) is 0 Å². The Morgan fingerprint density at radius 3 is 2.84 bits per heavy atom. The minimum atomic E-state index is -0.0732. The number of hydrogen-bond acceptors (Lipinski definition) is 4. The summed E-state index contributed by atoms with van der Waals surface area (Å²) < 4.78 is 3.77. The van der Waals surface area contributed by atoms with Crippen LogP contribution in [0.2, 0.25) is 5.02 Å². The number of rotatable bonds is 2. The Labute approximate surface area is 114 Å². The van der Waals surface area contributed by atoms with Crippen LogP contribution in [0.4, 0.5) is 5.95 Å². The maximum absolute atomic E-state index is 6.05. The average molecular weight is 277 g/mol. The molecule has 0 aliphatic rings. The van der Waals surface area contributed by atoms with Crippen molar-refractivity contribution in [1.29, 1.82) is 0 Å². The summed E-state index contributed by atoms with van der Waals surface area (Å²) in [4.78, 5) is 4.34. The standard InChI is InChI=1S/C12H13ClN6/c1-7(11-17-15-6-18(11)2)19-10-5-8(13)3-4-9(10)16-12(19)14/h3-7H,1-2H3,(H2,14,16). The quantitative estimate of drug-likeness (QED) is 0.777. The van der Waals surface area contributed by atoms with Crippen molar-refractivity contribution in [2.45, 2.75) is 13.0 Å². The van der Waals surface area contributed by atoms with Gasteiger partial charge in [0.1, 0.15) is 6.33 Å². The van der Waals surface area contributed by atoms with Gasteiger partial charge in [-0.3, -0.25) is 4.57 Å². The van der Waals surface area contributed by atoms with Gasteiger partial charge in [-0.05, 0) is 25.1 Å². The van der Waals surface area contributed by atoms with Crippen LogP contribution in [-0.2, 0) is 7.05 Å². The molecule has 0 saturated heterocycles. The molecule has 6 nitrogen and oxygen atoms in total. The van der Waals surface area contributed by atoms with E-state index in [1.165, 1.54) is 0 Å². The van der Waals surface area contributed by atoms with Gasteiger partial charge in [-0.25, -0.2) is 4.98 Å². The second-order valence-corrected chi connectivity index (χ2v) is 4.89. The zero-order chi connectivity index (χ0) is 13.6. The normalized spacial score (nSPS) is 13.0. The van der Waals surface area contributed by atoms with Gasteiger partial charge in [0.2, 0.25) is 5.95 Å². The lowest BCUT2D eigenvalue weighted by atomic mass is 10.2. The van der Waals surface area contributed by atoms with E-state index in [-0.39, 0.29) is 6.04 Å². The first-order chi connectivity index (χ1) is 9.08. The zero-order valence-corrected chi connectivity index (χ0v) is 11.3. The largest absolute Gasteiger partial charge is 0.369 e. The molecular formula is C12H13ClN6. The number of nitrogens with zero attached hydrogens (tertiary/aromatic N) is 5. The van der Waals surface area contributed by atoms with E-state index in [4.69, 9.17) is 17.3 Å². The van der Waals surface area contributed by atoms with Crippen LogP contribution < -0.4 is 5.73 Å². The molecule has 3 rings (SSSR count). The van der Waals surface area contributed by atoms with Crippen LogP contribution in [0.3, 0.4) is 0 Å². The van der Waals surface area contributed by atoms with Gasteiger partial charge in [0.05, 0.1) is 17.1 Å². The Kier molecular flexibility index (Phi) is 2.67. The molecular weight excluding hydrogens is 264 g/mol. The summed E-state index contributed by atoms with van der Waals surface area (Å²) in [7, 11) is 1.90. The van der Waals surface area contributed by atoms with E-state index in [1.807, 2.05) is 35.2 Å². The molecule has 0 fully saturated rings. The van der Waals surface area contributed by atoms with Crippen molar-refractivity contribution in [3.05, 3.63) is 35.4 Å². The number of aryl methyl sites for hydroxylation is 1. The van der Waals surface area contributed by atoms with E-state index in [9.17, 15) is 0 Å². The van der Waals surface area contributed by atoms with Gasteiger partial charge in [0.15, 0.2) is 5.82 Å². The Morgan fingerprint density at radius 2 is 2.16 bits per heavy atom. The SMILES string of the molecule is CC(c1nncn1C)n1c(N)nc2ccc(Cl)cc21. The number of imidazole rings is 1. The monoisotopic (exact) mass is 276 g/mol. The molecule has 1 atom stereocenters. The molecule has 0 aliphatic carbocycles. The molecule has 98 valence electrons. The molecule has 0 radical (unpaired) electrons. The summed E-state index contributed by atoms with van der Waals surface area (Å²) in [5, 5.41) is 8.66. The van der Waals surface area contributed by atoms with Crippen LogP contribution >= 0.6 is 11.6 Å². The number of nitrogen functional groups attached to an aromatic ring is 1. The van der Waals surface area contributed by atoms with E-state index >= 15 is 0 Å². The number of nitrogens with two attached hydrogens (primary N) is 1. The van der Waals surface area contributed by atoms with E-state index < -0.39 is 0 Å². The van der Waals surface area contributed by atoms with Crippen LogP contribution in [0.5, 0.6) is 0 Å². The minimum Gasteiger partial charge on any atom is -0.369 e. The highest BCUT2D eigenvalue weighted by molar-refractivity contribution is 6.31. The van der Waals surface area contributed by atoms with E-state index in [0.29, 0.717) is 11.0 Å². The van der Waals surface area contributed by atoms with Crippen LogP contribution in [0.1, 0.15) is 18.8 Å². The zero-order valence-electron chi connectivity index (χ0n) is 10.6. The van der Waals surface area contributed by atoms with Crippen molar-refractivity contribution in [2.24, 2.45) is 7.05 Å². The molecule has 1 aromatic carbocycles. The highest BCUT2D eigenvalue weighted by atomic mass is 35.5. The third kappa shape index (κ3) is 1.84. The molecule has 0 amide bonds. The Hall–Kier alpha value is -2.08. The summed E-state index contributed by atoms with van der Waals surface area (Å²) in [5.74, 6) is 1.25. The van der Waals surface area contributed by atoms with Crippen LogP contribution in [0.25, 0.3) is 11.0 Å². The van der Waals surface area contributed by atoms with Crippen molar-refractivity contribution in [1.82, 2.24) is 24.3 Å². The molecule has 7 heteroatoms. The third-order valence-corrected chi connectivity index (χ3v) is 3.42. The first kappa shape index (κ1) is 12.0. The molecule has 3 aromatic rings. The highest BCUT2D eigenvalue weighted by Crippen LogP contribution is 2.27. The number of anilines is 1. The number of aromatic nitrogens is 5. The fourth-order valence-electron chi connectivity index (χ4n) is 2.28. The fourth-order valence-corrected chi connectivity index (χ4v) is 2.44. The molecule has 1 unspecified atom stereocenters. The predicted molar refractivity (Wildman–Crippen MR) is 74.0 cm³/mol. The second kappa shape index (κ2) is 4.24. The van der Waals surface area contributed by atoms with Crippen molar-refractivity contribution < 1.29 is 0 Å². The predicted octanol–water partition coefficient (Wildman–Crippen LogP) is 2.01. The van der Waals surface area contributed by atoms with Crippen molar-refractivity contribution in [2.75, 3.05) is 5.73 Å². The summed E-state index contributed by atoms with van der Waals surface area (Å²) >= 11 is 6.05. The molecule has 0 spiro atoms. The first-order valence-corrected chi connectivity index (χ1v) is 6.22. The van der Waals surface area contributed by atoms with Gasteiger partial charge in [-0.2, -0.15) is 0 Å². The Morgan fingerprint density at radius 1 is 1.37 bits per heavy atom. The summed E-state index contributed by atoms with van der Waals surface area (Å²) in [6.45, 7) is 2.00. The van der Waals surface area contributed by atoms with E-state index in [1.54, 1.807) is 12.4 Å². The molecule has 0 saturated carbocycles. The average Bonchev–Trinajstić information content (AvgIpc) is 2.91. The van der Waals surface area contributed by atoms with Gasteiger partial charge in [-0.1, -0.05) is 11.6 Å². The number of benzene rings is 1. The van der Waals surface area contributed by atoms with E-state index in [2.05, 4.69) is 15.2 Å². The minimum absolute atomic E-state index is 0.0732. The molecule has 0 aliphatic heterocycles. The molecule has 0 bridgehead atoms. The maximum Gasteiger partial charge on any atom is 0.201 e. The molecule has 2 heterocycles. The Balaban J connectivity index is 2.22. The number of fused-ring (bicyclic) bond motifs is 1. The van der Waals surface area contributed by atoms with Crippen molar-refractivity contribution in [3.63, 3.8) is 0 Å².